The van der Waals surface area contributed by atoms with Crippen LogP contribution in [0.3, 0.4) is 0 Å². The molecule has 56 heavy (non-hydrogen) atoms. The first kappa shape index (κ1) is 40.2. The molecule has 0 radical (unpaired) electrons. The molecule has 0 saturated carbocycles. The number of aliphatic hydroxyl groups excluding tert-OH is 6. The Balaban J connectivity index is 1.26. The van der Waals surface area contributed by atoms with Crippen molar-refractivity contribution in [1.29, 1.82) is 0 Å². The highest BCUT2D eigenvalue weighted by atomic mass is 16.7. The van der Waals surface area contributed by atoms with Gasteiger partial charge in [-0.25, -0.2) is 4.79 Å². The van der Waals surface area contributed by atoms with Crippen molar-refractivity contribution in [2.75, 3.05) is 13.2 Å². The molecule has 3 aromatic rings. The van der Waals surface area contributed by atoms with E-state index in [4.69, 9.17) is 33.2 Å². The van der Waals surface area contributed by atoms with Crippen LogP contribution in [0, 0.1) is 0 Å². The number of esters is 2. The lowest BCUT2D eigenvalue weighted by molar-refractivity contribution is -0.296. The quantitative estimate of drug-likeness (QED) is 0.0701. The number of carbonyl (C=O) groups excluding carboxylic acids is 2. The summed E-state index contributed by atoms with van der Waals surface area (Å²) in [4.78, 5) is 23.9. The standard InChI is InChI=1S/C38H40O18/c1-17(39)50-15-27-30(44)32(46)34(48)37(55-27)53-25-13-22(42)12-24-23(25)14-26(36(52-24)19-5-9-21(41)10-6-19)54-38-35(49)33(47)31(45)28(56-38)16-51-29(43)11-4-18-2-7-20(40)8-3-18/h2-14,27-28,30-38,40-42,44-49H,15-16H2,1H3/p+1. The Labute approximate surface area is 318 Å². The summed E-state index contributed by atoms with van der Waals surface area (Å²) in [7, 11) is 0. The zero-order valence-corrected chi connectivity index (χ0v) is 29.5. The molecule has 0 bridgehead atoms. The summed E-state index contributed by atoms with van der Waals surface area (Å²) in [5, 5.41) is 94.2. The third-order valence-electron chi connectivity index (χ3n) is 9.12. The number of benzene rings is 3. The SMILES string of the molecule is CC(=O)OCC1OC(Oc2cc(O)cc3c2C=C(OC2OC(COC(=O)C=Cc4ccc(O)cc4)C(O)C(O)C2O)C(c2ccc(O)cc2)[OH+]3)C(O)C(O)C1O. The van der Waals surface area contributed by atoms with E-state index in [9.17, 15) is 55.5 Å². The second kappa shape index (κ2) is 17.1. The molecular formula is C38H41O18+. The third-order valence-corrected chi connectivity index (χ3v) is 9.12. The van der Waals surface area contributed by atoms with Gasteiger partial charge in [-0.1, -0.05) is 12.1 Å². The van der Waals surface area contributed by atoms with Crippen LogP contribution in [0.25, 0.3) is 12.2 Å². The van der Waals surface area contributed by atoms with Crippen LogP contribution >= 0.6 is 0 Å². The zero-order valence-electron chi connectivity index (χ0n) is 29.5. The number of phenolic OH excluding ortho intramolecular Hbond substituents is 3. The molecule has 18 heteroatoms. The van der Waals surface area contributed by atoms with Crippen LogP contribution in [0.5, 0.6) is 28.7 Å². The summed E-state index contributed by atoms with van der Waals surface area (Å²) in [5.41, 5.74) is 1.15. The van der Waals surface area contributed by atoms with Gasteiger partial charge in [0.2, 0.25) is 12.6 Å². The van der Waals surface area contributed by atoms with Gasteiger partial charge in [-0.05, 0) is 48.0 Å². The first-order chi connectivity index (χ1) is 26.7. The first-order valence-electron chi connectivity index (χ1n) is 17.3. The Morgan fingerprint density at radius 1 is 0.696 bits per heavy atom. The van der Waals surface area contributed by atoms with E-state index in [1.54, 1.807) is 12.1 Å². The molecule has 11 unspecified atom stereocenters. The van der Waals surface area contributed by atoms with Crippen molar-refractivity contribution in [2.45, 2.75) is 74.4 Å². The summed E-state index contributed by atoms with van der Waals surface area (Å²) >= 11 is 0. The Morgan fingerprint density at radius 2 is 1.25 bits per heavy atom. The van der Waals surface area contributed by atoms with Gasteiger partial charge in [-0.3, -0.25) is 4.79 Å². The Bertz CT molecular complexity index is 1910. The van der Waals surface area contributed by atoms with E-state index in [1.165, 1.54) is 54.6 Å². The molecule has 3 heterocycles. The number of hydrogen-bond donors (Lipinski definition) is 9. The number of aliphatic hydroxyl groups is 7. The lowest BCUT2D eigenvalue weighted by atomic mass is 9.98. The van der Waals surface area contributed by atoms with Crippen LogP contribution in [0.4, 0.5) is 0 Å². The van der Waals surface area contributed by atoms with Crippen LogP contribution in [0.1, 0.15) is 29.7 Å². The molecule has 10 N–H and O–H groups in total. The van der Waals surface area contributed by atoms with E-state index in [0.717, 1.165) is 19.1 Å². The number of rotatable bonds is 11. The smallest absolute Gasteiger partial charge is 0.330 e. The number of phenols is 3. The van der Waals surface area contributed by atoms with E-state index in [0.29, 0.717) is 11.1 Å². The summed E-state index contributed by atoms with van der Waals surface area (Å²) < 4.78 is 38.4. The molecule has 11 atom stereocenters. The molecular weight excluding hydrogens is 744 g/mol. The van der Waals surface area contributed by atoms with Crippen molar-refractivity contribution in [1.82, 2.24) is 0 Å². The molecule has 0 aromatic heterocycles. The second-order valence-corrected chi connectivity index (χ2v) is 13.2. The maximum absolute atomic E-state index is 12.5. The van der Waals surface area contributed by atoms with Crippen LogP contribution in [-0.4, -0.2) is 137 Å². The van der Waals surface area contributed by atoms with Crippen LogP contribution in [0.15, 0.2) is 72.5 Å². The van der Waals surface area contributed by atoms with Crippen molar-refractivity contribution in [3.63, 3.8) is 0 Å². The molecule has 0 amide bonds. The molecule has 6 rings (SSSR count). The van der Waals surface area contributed by atoms with Gasteiger partial charge in [0.15, 0.2) is 5.76 Å². The Hall–Kier alpha value is -5.44. The topological polar surface area (TPSA) is 284 Å². The first-order valence-corrected chi connectivity index (χ1v) is 17.3. The second-order valence-electron chi connectivity index (χ2n) is 13.2. The molecule has 0 spiro atoms. The normalized spacial score (nSPS) is 30.1. The number of ether oxygens (including phenoxy) is 7. The average molecular weight is 786 g/mol. The fraction of sp³-hybridized carbons (Fsp3) is 0.368. The monoisotopic (exact) mass is 785 g/mol. The highest BCUT2D eigenvalue weighted by molar-refractivity contribution is 5.87. The fourth-order valence-corrected chi connectivity index (χ4v) is 6.09. The highest BCUT2D eigenvalue weighted by Gasteiger charge is 2.48. The molecule has 3 aromatic carbocycles. The van der Waals surface area contributed by atoms with Gasteiger partial charge in [0.1, 0.15) is 90.6 Å². The third kappa shape index (κ3) is 9.15. The molecule has 3 aliphatic rings. The lowest BCUT2D eigenvalue weighted by Crippen LogP contribution is -2.60. The Morgan fingerprint density at radius 3 is 1.84 bits per heavy atom. The van der Waals surface area contributed by atoms with Crippen molar-refractivity contribution in [3.8, 4) is 28.7 Å². The van der Waals surface area contributed by atoms with Gasteiger partial charge in [0.05, 0.1) is 11.6 Å². The van der Waals surface area contributed by atoms with E-state index in [2.05, 4.69) is 0 Å². The molecule has 300 valence electrons. The van der Waals surface area contributed by atoms with Gasteiger partial charge in [0.25, 0.3) is 11.9 Å². The van der Waals surface area contributed by atoms with E-state index < -0.39 is 92.7 Å². The molecule has 3 aliphatic heterocycles. The van der Waals surface area contributed by atoms with E-state index in [-0.39, 0.29) is 40.1 Å². The van der Waals surface area contributed by atoms with Crippen LogP contribution in [-0.2, 0) is 33.3 Å². The largest absolute Gasteiger partial charge is 0.571 e. The molecule has 2 saturated heterocycles. The molecule has 2 fully saturated rings. The minimum atomic E-state index is -1.85. The van der Waals surface area contributed by atoms with Gasteiger partial charge in [-0.2, -0.15) is 0 Å². The van der Waals surface area contributed by atoms with Gasteiger partial charge < -0.3 is 79.1 Å². The van der Waals surface area contributed by atoms with Crippen LogP contribution in [0.2, 0.25) is 0 Å². The summed E-state index contributed by atoms with van der Waals surface area (Å²) in [6.07, 6.45) is -13.9. The summed E-state index contributed by atoms with van der Waals surface area (Å²) in [6, 6.07) is 14.2. The molecule has 18 nitrogen and oxygen atoms in total. The van der Waals surface area contributed by atoms with E-state index >= 15 is 0 Å². The lowest BCUT2D eigenvalue weighted by Gasteiger charge is -2.41. The van der Waals surface area contributed by atoms with Gasteiger partial charge in [0, 0.05) is 25.1 Å². The van der Waals surface area contributed by atoms with Crippen molar-refractivity contribution in [3.05, 3.63) is 89.2 Å². The minimum absolute atomic E-state index is 0.0402. The number of carbonyl (C=O) groups is 2. The van der Waals surface area contributed by atoms with Crippen molar-refractivity contribution in [2.24, 2.45) is 0 Å². The number of fused-ring (bicyclic) bond motifs is 1. The predicted molar refractivity (Wildman–Crippen MR) is 188 cm³/mol. The zero-order chi connectivity index (χ0) is 40.3. The van der Waals surface area contributed by atoms with Crippen molar-refractivity contribution < 1.29 is 88.7 Å². The maximum atomic E-state index is 12.5. The highest BCUT2D eigenvalue weighted by Crippen LogP contribution is 2.46. The summed E-state index contributed by atoms with van der Waals surface area (Å²) in [6.45, 7) is 0.0713. The molecule has 0 aliphatic carbocycles. The predicted octanol–water partition coefficient (Wildman–Crippen LogP) is -0.0292. The number of hydrogen-bond acceptors (Lipinski definition) is 17. The minimum Gasteiger partial charge on any atom is -0.571 e. The summed E-state index contributed by atoms with van der Waals surface area (Å²) in [5.74, 6) is -1.97. The number of aromatic hydroxyl groups is 4. The van der Waals surface area contributed by atoms with Crippen LogP contribution < -0.4 is 4.74 Å². The van der Waals surface area contributed by atoms with E-state index in [1.807, 2.05) is 0 Å². The van der Waals surface area contributed by atoms with Crippen molar-refractivity contribution >= 4 is 24.1 Å². The maximum Gasteiger partial charge on any atom is 0.330 e. The van der Waals surface area contributed by atoms with Gasteiger partial charge >= 0.3 is 11.9 Å². The average Bonchev–Trinajstić information content (AvgIpc) is 3.17. The Kier molecular flexibility index (Phi) is 12.3. The fourth-order valence-electron chi connectivity index (χ4n) is 6.09. The van der Waals surface area contributed by atoms with Gasteiger partial charge in [-0.15, -0.1) is 0 Å².